The van der Waals surface area contributed by atoms with Gasteiger partial charge in [0.15, 0.2) is 0 Å². The fourth-order valence-corrected chi connectivity index (χ4v) is 3.53. The van der Waals surface area contributed by atoms with Crippen LogP contribution in [0.15, 0.2) is 0 Å². The lowest BCUT2D eigenvalue weighted by atomic mass is 10.1. The van der Waals surface area contributed by atoms with Gasteiger partial charge in [-0.25, -0.2) is 0 Å². The van der Waals surface area contributed by atoms with Crippen molar-refractivity contribution in [2.24, 2.45) is 5.92 Å². The molecule has 0 spiro atoms. The van der Waals surface area contributed by atoms with Gasteiger partial charge in [0.25, 0.3) is 0 Å². The van der Waals surface area contributed by atoms with Crippen LogP contribution in [0.2, 0.25) is 0 Å². The van der Waals surface area contributed by atoms with Gasteiger partial charge in [0.05, 0.1) is 13.2 Å². The molecule has 0 aromatic carbocycles. The summed E-state index contributed by atoms with van der Waals surface area (Å²) in [6, 6.07) is 0.774. The van der Waals surface area contributed by atoms with E-state index in [9.17, 15) is 0 Å². The molecular formula is C14H28N2OS. The summed E-state index contributed by atoms with van der Waals surface area (Å²) in [4.78, 5) is 5.27. The van der Waals surface area contributed by atoms with Crippen LogP contribution < -0.4 is 0 Å². The normalized spacial score (nSPS) is 28.7. The van der Waals surface area contributed by atoms with Crippen molar-refractivity contribution in [3.63, 3.8) is 0 Å². The fourth-order valence-electron chi connectivity index (χ4n) is 3.23. The molecule has 2 rings (SSSR count). The second-order valence-corrected chi connectivity index (χ2v) is 6.05. The van der Waals surface area contributed by atoms with Crippen LogP contribution >= 0.6 is 12.6 Å². The molecule has 4 heteroatoms. The molecule has 2 heterocycles. The van der Waals surface area contributed by atoms with Gasteiger partial charge in [0, 0.05) is 32.2 Å². The van der Waals surface area contributed by atoms with Gasteiger partial charge in [-0.15, -0.1) is 0 Å². The van der Waals surface area contributed by atoms with Crippen molar-refractivity contribution < 1.29 is 4.74 Å². The van der Waals surface area contributed by atoms with Crippen LogP contribution in [0.3, 0.4) is 0 Å². The lowest BCUT2D eigenvalue weighted by Crippen LogP contribution is -2.45. The first-order valence-electron chi connectivity index (χ1n) is 7.48. The summed E-state index contributed by atoms with van der Waals surface area (Å²) in [7, 11) is 0. The summed E-state index contributed by atoms with van der Waals surface area (Å²) in [6.07, 6.45) is 3.94. The number of rotatable bonds is 6. The Morgan fingerprint density at radius 3 is 2.72 bits per heavy atom. The number of thiol groups is 1. The number of nitrogens with zero attached hydrogens (tertiary/aromatic N) is 2. The maximum Gasteiger partial charge on any atom is 0.0594 e. The van der Waals surface area contributed by atoms with E-state index >= 15 is 0 Å². The largest absolute Gasteiger partial charge is 0.379 e. The number of likely N-dealkylation sites (tertiary alicyclic amines) is 1. The van der Waals surface area contributed by atoms with Crippen molar-refractivity contribution in [1.29, 1.82) is 0 Å². The second kappa shape index (κ2) is 7.73. The summed E-state index contributed by atoms with van der Waals surface area (Å²) < 4.78 is 5.43. The number of hydrogen-bond acceptors (Lipinski definition) is 4. The molecule has 0 N–H and O–H groups in total. The molecule has 0 saturated carbocycles. The molecule has 2 saturated heterocycles. The Hall–Kier alpha value is 0.230. The smallest absolute Gasteiger partial charge is 0.0594 e. The Balaban J connectivity index is 1.73. The monoisotopic (exact) mass is 272 g/mol. The third-order valence-corrected chi connectivity index (χ3v) is 4.80. The maximum absolute atomic E-state index is 5.43. The van der Waals surface area contributed by atoms with Gasteiger partial charge in [-0.05, 0) is 31.1 Å². The second-order valence-electron chi connectivity index (χ2n) is 5.69. The minimum Gasteiger partial charge on any atom is -0.379 e. The molecule has 0 amide bonds. The fraction of sp³-hybridized carbons (Fsp3) is 1.00. The average Bonchev–Trinajstić information content (AvgIpc) is 2.88. The van der Waals surface area contributed by atoms with E-state index in [4.69, 9.17) is 4.74 Å². The van der Waals surface area contributed by atoms with E-state index in [2.05, 4.69) is 29.4 Å². The molecule has 3 nitrogen and oxygen atoms in total. The highest BCUT2D eigenvalue weighted by Gasteiger charge is 2.29. The van der Waals surface area contributed by atoms with E-state index in [-0.39, 0.29) is 0 Å². The van der Waals surface area contributed by atoms with E-state index in [0.29, 0.717) is 0 Å². The van der Waals surface area contributed by atoms with Crippen LogP contribution in [0.1, 0.15) is 26.2 Å². The van der Waals surface area contributed by atoms with Gasteiger partial charge in [0.2, 0.25) is 0 Å². The van der Waals surface area contributed by atoms with Crippen molar-refractivity contribution in [3.8, 4) is 0 Å². The molecule has 0 bridgehead atoms. The summed E-state index contributed by atoms with van der Waals surface area (Å²) in [6.45, 7) is 10.2. The summed E-state index contributed by atoms with van der Waals surface area (Å²) in [5.41, 5.74) is 0. The Morgan fingerprint density at radius 2 is 2.06 bits per heavy atom. The topological polar surface area (TPSA) is 15.7 Å². The van der Waals surface area contributed by atoms with Crippen molar-refractivity contribution in [3.05, 3.63) is 0 Å². The van der Waals surface area contributed by atoms with Gasteiger partial charge in [-0.3, -0.25) is 4.90 Å². The van der Waals surface area contributed by atoms with Crippen LogP contribution in [0.4, 0.5) is 0 Å². The summed E-state index contributed by atoms with van der Waals surface area (Å²) in [5.74, 6) is 1.81. The molecule has 0 aliphatic carbocycles. The predicted molar refractivity (Wildman–Crippen MR) is 79.5 cm³/mol. The van der Waals surface area contributed by atoms with Crippen molar-refractivity contribution in [2.45, 2.75) is 32.2 Å². The molecule has 106 valence electrons. The molecular weight excluding hydrogens is 244 g/mol. The molecule has 2 fully saturated rings. The van der Waals surface area contributed by atoms with Gasteiger partial charge in [-0.1, -0.05) is 13.3 Å². The molecule has 2 aliphatic heterocycles. The van der Waals surface area contributed by atoms with Crippen LogP contribution in [-0.2, 0) is 4.74 Å². The Labute approximate surface area is 117 Å². The van der Waals surface area contributed by atoms with Crippen LogP contribution in [0.25, 0.3) is 0 Å². The Bertz CT molecular complexity index is 234. The lowest BCUT2D eigenvalue weighted by molar-refractivity contribution is 0.0183. The predicted octanol–water partition coefficient (Wildman–Crippen LogP) is 1.74. The number of morpholine rings is 1. The van der Waals surface area contributed by atoms with Crippen molar-refractivity contribution in [1.82, 2.24) is 9.80 Å². The number of hydrogen-bond donors (Lipinski definition) is 1. The first kappa shape index (κ1) is 14.6. The highest BCUT2D eigenvalue weighted by atomic mass is 32.1. The molecule has 0 aromatic heterocycles. The maximum atomic E-state index is 5.43. The molecule has 18 heavy (non-hydrogen) atoms. The van der Waals surface area contributed by atoms with Gasteiger partial charge in [0.1, 0.15) is 0 Å². The molecule has 0 aromatic rings. The van der Waals surface area contributed by atoms with Crippen LogP contribution in [0, 0.1) is 5.92 Å². The van der Waals surface area contributed by atoms with E-state index < -0.39 is 0 Å². The highest BCUT2D eigenvalue weighted by Crippen LogP contribution is 2.19. The van der Waals surface area contributed by atoms with E-state index in [1.807, 2.05) is 0 Å². The Morgan fingerprint density at radius 1 is 1.28 bits per heavy atom. The van der Waals surface area contributed by atoms with Gasteiger partial charge < -0.3 is 9.64 Å². The van der Waals surface area contributed by atoms with Crippen molar-refractivity contribution >= 4 is 12.6 Å². The summed E-state index contributed by atoms with van der Waals surface area (Å²) in [5, 5.41) is 0. The molecule has 2 unspecified atom stereocenters. The molecule has 2 atom stereocenters. The zero-order valence-electron chi connectivity index (χ0n) is 11.7. The Kier molecular flexibility index (Phi) is 6.29. The van der Waals surface area contributed by atoms with E-state index in [1.165, 1.54) is 38.9 Å². The third kappa shape index (κ3) is 4.12. The SMILES string of the molecule is CCCC(CS)CN1CCC(N2CCOCC2)C1. The zero-order valence-corrected chi connectivity index (χ0v) is 12.6. The van der Waals surface area contributed by atoms with Crippen molar-refractivity contribution in [2.75, 3.05) is 51.7 Å². The highest BCUT2D eigenvalue weighted by molar-refractivity contribution is 7.80. The third-order valence-electron chi connectivity index (χ3n) is 4.28. The number of ether oxygens (including phenoxy) is 1. The first-order chi connectivity index (χ1) is 8.83. The molecule has 0 radical (unpaired) electrons. The summed E-state index contributed by atoms with van der Waals surface area (Å²) >= 11 is 4.49. The van der Waals surface area contributed by atoms with Crippen LogP contribution in [-0.4, -0.2) is 67.5 Å². The van der Waals surface area contributed by atoms with E-state index in [1.54, 1.807) is 0 Å². The zero-order chi connectivity index (χ0) is 12.8. The van der Waals surface area contributed by atoms with E-state index in [0.717, 1.165) is 44.0 Å². The minimum absolute atomic E-state index is 0.774. The van der Waals surface area contributed by atoms with Gasteiger partial charge in [-0.2, -0.15) is 12.6 Å². The first-order valence-corrected chi connectivity index (χ1v) is 8.11. The van der Waals surface area contributed by atoms with Crippen LogP contribution in [0.5, 0.6) is 0 Å². The standard InChI is InChI=1S/C14H28N2OS/c1-2-3-13(12-18)10-15-5-4-14(11-15)16-6-8-17-9-7-16/h13-14,18H,2-12H2,1H3. The lowest BCUT2D eigenvalue weighted by Gasteiger charge is -2.32. The molecule has 2 aliphatic rings. The average molecular weight is 272 g/mol. The van der Waals surface area contributed by atoms with Gasteiger partial charge >= 0.3 is 0 Å². The quantitative estimate of drug-likeness (QED) is 0.742. The minimum atomic E-state index is 0.774.